The number of aromatic nitrogens is 2. The largest absolute Gasteiger partial charge is 0.411 e. The van der Waals surface area contributed by atoms with E-state index in [1.54, 1.807) is 31.2 Å². The van der Waals surface area contributed by atoms with E-state index in [4.69, 9.17) is 20.8 Å². The summed E-state index contributed by atoms with van der Waals surface area (Å²) in [6.45, 7) is 0.503. The fourth-order valence-corrected chi connectivity index (χ4v) is 2.57. The fourth-order valence-electron chi connectivity index (χ4n) is 2.45. The van der Waals surface area contributed by atoms with Gasteiger partial charge in [0.1, 0.15) is 12.6 Å². The Morgan fingerprint density at radius 3 is 2.67 bits per heavy atom. The average Bonchev–Trinajstić information content (AvgIpc) is 3.01. The molecule has 27 heavy (non-hydrogen) atoms. The van der Waals surface area contributed by atoms with E-state index in [1.807, 2.05) is 0 Å². The monoisotopic (exact) mass is 404 g/mol. The van der Waals surface area contributed by atoms with Crippen LogP contribution in [0.2, 0.25) is 5.02 Å². The van der Waals surface area contributed by atoms with E-state index >= 15 is 0 Å². The van der Waals surface area contributed by atoms with Crippen molar-refractivity contribution in [2.45, 2.75) is 25.2 Å². The summed E-state index contributed by atoms with van der Waals surface area (Å²) in [6.07, 6.45) is -4.98. The van der Waals surface area contributed by atoms with Gasteiger partial charge in [0.25, 0.3) is 0 Å². The molecule has 146 valence electrons. The highest BCUT2D eigenvalue weighted by Crippen LogP contribution is 2.23. The first-order chi connectivity index (χ1) is 12.7. The molecule has 1 fully saturated rings. The first-order valence-electron chi connectivity index (χ1n) is 8.04. The van der Waals surface area contributed by atoms with Crippen LogP contribution in [0.4, 0.5) is 19.2 Å². The lowest BCUT2D eigenvalue weighted by Crippen LogP contribution is -2.58. The molecule has 1 aromatic heterocycles. The highest BCUT2D eigenvalue weighted by atomic mass is 35.5. The van der Waals surface area contributed by atoms with Crippen LogP contribution in [-0.2, 0) is 9.53 Å². The van der Waals surface area contributed by atoms with Crippen molar-refractivity contribution in [1.82, 2.24) is 15.1 Å². The first-order valence-corrected chi connectivity index (χ1v) is 8.42. The Hall–Kier alpha value is -2.33. The normalized spacial score (nSPS) is 16.1. The number of nitrogens with one attached hydrogen (secondary N) is 1. The molecule has 3 rings (SSSR count). The molecule has 0 radical (unpaired) electrons. The molecule has 1 aliphatic heterocycles. The van der Waals surface area contributed by atoms with E-state index in [0.717, 1.165) is 0 Å². The van der Waals surface area contributed by atoms with Gasteiger partial charge in [0.15, 0.2) is 0 Å². The number of halogens is 4. The summed E-state index contributed by atoms with van der Waals surface area (Å²) in [6, 6.07) is 6.17. The average molecular weight is 405 g/mol. The molecular weight excluding hydrogens is 389 g/mol. The third kappa shape index (κ3) is 5.10. The molecule has 2 aromatic rings. The summed E-state index contributed by atoms with van der Waals surface area (Å²) in [5.74, 6) is -0.0357. The van der Waals surface area contributed by atoms with Gasteiger partial charge in [-0.3, -0.25) is 4.79 Å². The summed E-state index contributed by atoms with van der Waals surface area (Å²) in [4.78, 5) is 13.7. The van der Waals surface area contributed by atoms with E-state index in [9.17, 15) is 18.0 Å². The van der Waals surface area contributed by atoms with Gasteiger partial charge in [-0.05, 0) is 31.2 Å². The van der Waals surface area contributed by atoms with Crippen molar-refractivity contribution in [3.63, 3.8) is 0 Å². The maximum absolute atomic E-state index is 12.3. The topological polar surface area (TPSA) is 80.5 Å². The van der Waals surface area contributed by atoms with Crippen LogP contribution < -0.4 is 5.32 Å². The van der Waals surface area contributed by atoms with Gasteiger partial charge in [-0.1, -0.05) is 16.7 Å². The van der Waals surface area contributed by atoms with Crippen molar-refractivity contribution >= 4 is 23.5 Å². The van der Waals surface area contributed by atoms with Gasteiger partial charge in [-0.15, -0.1) is 5.10 Å². The molecule has 7 nitrogen and oxygen atoms in total. The van der Waals surface area contributed by atoms with Gasteiger partial charge < -0.3 is 19.4 Å². The predicted molar refractivity (Wildman–Crippen MR) is 90.2 cm³/mol. The van der Waals surface area contributed by atoms with Gasteiger partial charge in [0.2, 0.25) is 11.8 Å². The molecule has 0 saturated carbocycles. The number of amides is 1. The van der Waals surface area contributed by atoms with Crippen LogP contribution in [-0.4, -0.2) is 59.0 Å². The fraction of sp³-hybridized carbons (Fsp3) is 0.438. The molecule has 1 amide bonds. The van der Waals surface area contributed by atoms with Crippen molar-refractivity contribution in [1.29, 1.82) is 0 Å². The van der Waals surface area contributed by atoms with Crippen molar-refractivity contribution in [3.05, 3.63) is 29.3 Å². The minimum atomic E-state index is -4.38. The predicted octanol–water partition coefficient (Wildman–Crippen LogP) is 2.98. The van der Waals surface area contributed by atoms with Gasteiger partial charge in [-0.2, -0.15) is 13.2 Å². The van der Waals surface area contributed by atoms with Crippen LogP contribution in [0, 0.1) is 0 Å². The molecule has 0 aliphatic carbocycles. The number of nitrogens with zero attached hydrogens (tertiary/aromatic N) is 3. The van der Waals surface area contributed by atoms with Crippen molar-refractivity contribution in [2.24, 2.45) is 0 Å². The lowest BCUT2D eigenvalue weighted by atomic mass is 10.1. The van der Waals surface area contributed by atoms with Gasteiger partial charge in [0, 0.05) is 23.7 Å². The summed E-state index contributed by atoms with van der Waals surface area (Å²) >= 11 is 5.82. The number of benzene rings is 1. The van der Waals surface area contributed by atoms with E-state index in [-0.39, 0.29) is 30.9 Å². The molecule has 1 aromatic carbocycles. The van der Waals surface area contributed by atoms with E-state index < -0.39 is 24.9 Å². The van der Waals surface area contributed by atoms with Crippen LogP contribution >= 0.6 is 11.6 Å². The third-order valence-electron chi connectivity index (χ3n) is 3.87. The van der Waals surface area contributed by atoms with Crippen LogP contribution in [0.1, 0.15) is 6.92 Å². The number of anilines is 1. The Balaban J connectivity index is 1.49. The van der Waals surface area contributed by atoms with Crippen LogP contribution in [0.25, 0.3) is 11.5 Å². The quantitative estimate of drug-likeness (QED) is 0.797. The molecule has 1 atom stereocenters. The van der Waals surface area contributed by atoms with E-state index in [1.165, 1.54) is 4.90 Å². The zero-order chi connectivity index (χ0) is 19.6. The number of hydrogen-bond acceptors (Lipinski definition) is 6. The zero-order valence-corrected chi connectivity index (χ0v) is 14.9. The summed E-state index contributed by atoms with van der Waals surface area (Å²) in [5, 5.41) is 11.1. The Morgan fingerprint density at radius 2 is 2.04 bits per heavy atom. The first kappa shape index (κ1) is 19.4. The van der Waals surface area contributed by atoms with Crippen molar-refractivity contribution in [2.75, 3.05) is 25.0 Å². The molecule has 11 heteroatoms. The Bertz CT molecular complexity index is 791. The number of carbonyl (C=O) groups excluding carboxylic acids is 1. The van der Waals surface area contributed by atoms with Gasteiger partial charge in [-0.25, -0.2) is 0 Å². The molecular formula is C16H16ClF3N4O3. The molecule has 0 bridgehead atoms. The number of rotatable bonds is 6. The van der Waals surface area contributed by atoms with Crippen molar-refractivity contribution in [3.8, 4) is 11.5 Å². The number of carbonyl (C=O) groups is 1. The van der Waals surface area contributed by atoms with Crippen LogP contribution in [0.5, 0.6) is 0 Å². The number of alkyl halides is 3. The second-order valence-corrected chi connectivity index (χ2v) is 6.51. The van der Waals surface area contributed by atoms with Crippen LogP contribution in [0.3, 0.4) is 0 Å². The maximum atomic E-state index is 12.3. The summed E-state index contributed by atoms with van der Waals surface area (Å²) < 4.78 is 46.5. The summed E-state index contributed by atoms with van der Waals surface area (Å²) in [5.41, 5.74) is 0.673. The van der Waals surface area contributed by atoms with E-state index in [0.29, 0.717) is 10.6 Å². The highest BCUT2D eigenvalue weighted by molar-refractivity contribution is 6.30. The second kappa shape index (κ2) is 7.73. The molecule has 0 unspecified atom stereocenters. The Labute approximate surface area is 157 Å². The standard InChI is InChI=1S/C16H16ClF3N4O3/c1-9(14(25)24-6-12(7-24)26-8-16(18,19)20)21-15-23-22-13(27-15)10-2-4-11(17)5-3-10/h2-5,9,12H,6-8H2,1H3,(H,21,23)/t9-/m1/s1. The number of likely N-dealkylation sites (tertiary alicyclic amines) is 1. The maximum Gasteiger partial charge on any atom is 0.411 e. The number of ether oxygens (including phenoxy) is 1. The third-order valence-corrected chi connectivity index (χ3v) is 4.12. The molecule has 2 heterocycles. The summed E-state index contributed by atoms with van der Waals surface area (Å²) in [7, 11) is 0. The molecule has 1 aliphatic rings. The highest BCUT2D eigenvalue weighted by Gasteiger charge is 2.37. The SMILES string of the molecule is C[C@@H](Nc1nnc(-c2ccc(Cl)cc2)o1)C(=O)N1CC(OCC(F)(F)F)C1. The lowest BCUT2D eigenvalue weighted by Gasteiger charge is -2.40. The smallest absolute Gasteiger partial charge is 0.403 e. The van der Waals surface area contributed by atoms with Crippen LogP contribution in [0.15, 0.2) is 28.7 Å². The molecule has 1 saturated heterocycles. The molecule has 1 N–H and O–H groups in total. The second-order valence-electron chi connectivity index (χ2n) is 6.08. The Morgan fingerprint density at radius 1 is 1.37 bits per heavy atom. The van der Waals surface area contributed by atoms with Gasteiger partial charge >= 0.3 is 12.2 Å². The Kier molecular flexibility index (Phi) is 5.56. The number of hydrogen-bond donors (Lipinski definition) is 1. The minimum absolute atomic E-state index is 0.0613. The van der Waals surface area contributed by atoms with Crippen molar-refractivity contribution < 1.29 is 27.1 Å². The lowest BCUT2D eigenvalue weighted by molar-refractivity contribution is -0.200. The van der Waals surface area contributed by atoms with Gasteiger partial charge in [0.05, 0.1) is 6.10 Å². The minimum Gasteiger partial charge on any atom is -0.403 e. The van der Waals surface area contributed by atoms with E-state index in [2.05, 4.69) is 15.5 Å². The zero-order valence-electron chi connectivity index (χ0n) is 14.2. The molecule has 0 spiro atoms.